The zero-order valence-corrected chi connectivity index (χ0v) is 6.71. The molecule has 1 aliphatic rings. The molecule has 1 saturated heterocycles. The molecule has 10 heavy (non-hydrogen) atoms. The fraction of sp³-hybridized carbons (Fsp3) is 1.00. The van der Waals surface area contributed by atoms with E-state index >= 15 is 0 Å². The van der Waals surface area contributed by atoms with Crippen molar-refractivity contribution in [2.45, 2.75) is 32.6 Å². The SMILES string of the molecule is CCCC1CCN(O)CC1. The smallest absolute Gasteiger partial charge is 0.0240 e. The molecule has 0 atom stereocenters. The first-order chi connectivity index (χ1) is 4.83. The third kappa shape index (κ3) is 2.27. The van der Waals surface area contributed by atoms with E-state index < -0.39 is 0 Å². The van der Waals surface area contributed by atoms with E-state index in [4.69, 9.17) is 5.21 Å². The largest absolute Gasteiger partial charge is 0.314 e. The minimum atomic E-state index is 0.880. The molecule has 0 aliphatic carbocycles. The average Bonchev–Trinajstić information content (AvgIpc) is 1.95. The summed E-state index contributed by atoms with van der Waals surface area (Å²) in [6.07, 6.45) is 5.00. The van der Waals surface area contributed by atoms with Crippen molar-refractivity contribution in [2.75, 3.05) is 13.1 Å². The van der Waals surface area contributed by atoms with Crippen molar-refractivity contribution in [3.8, 4) is 0 Å². The number of piperidine rings is 1. The quantitative estimate of drug-likeness (QED) is 0.638. The van der Waals surface area contributed by atoms with Gasteiger partial charge in [-0.15, -0.1) is 0 Å². The van der Waals surface area contributed by atoms with Crippen molar-refractivity contribution in [3.05, 3.63) is 0 Å². The van der Waals surface area contributed by atoms with Crippen LogP contribution in [0.25, 0.3) is 0 Å². The molecule has 60 valence electrons. The third-order valence-electron chi connectivity index (χ3n) is 2.29. The van der Waals surface area contributed by atoms with Gasteiger partial charge in [0.1, 0.15) is 0 Å². The summed E-state index contributed by atoms with van der Waals surface area (Å²) in [7, 11) is 0. The first kappa shape index (κ1) is 8.02. The van der Waals surface area contributed by atoms with Gasteiger partial charge < -0.3 is 5.21 Å². The lowest BCUT2D eigenvalue weighted by atomic mass is 9.93. The van der Waals surface area contributed by atoms with Crippen LogP contribution in [0.4, 0.5) is 0 Å². The van der Waals surface area contributed by atoms with Crippen molar-refractivity contribution < 1.29 is 5.21 Å². The highest BCUT2D eigenvalue weighted by molar-refractivity contribution is 4.66. The molecular formula is C8H17NO. The third-order valence-corrected chi connectivity index (χ3v) is 2.29. The van der Waals surface area contributed by atoms with E-state index in [0.717, 1.165) is 19.0 Å². The zero-order chi connectivity index (χ0) is 7.40. The van der Waals surface area contributed by atoms with Crippen LogP contribution in [0.15, 0.2) is 0 Å². The molecule has 0 aromatic carbocycles. The Balaban J connectivity index is 2.13. The van der Waals surface area contributed by atoms with E-state index in [0.29, 0.717) is 0 Å². The van der Waals surface area contributed by atoms with Gasteiger partial charge in [0.2, 0.25) is 0 Å². The molecule has 0 spiro atoms. The van der Waals surface area contributed by atoms with Crippen LogP contribution in [0, 0.1) is 5.92 Å². The molecular weight excluding hydrogens is 126 g/mol. The summed E-state index contributed by atoms with van der Waals surface area (Å²) in [4.78, 5) is 0. The van der Waals surface area contributed by atoms with Crippen molar-refractivity contribution in [1.82, 2.24) is 5.06 Å². The van der Waals surface area contributed by atoms with E-state index in [1.807, 2.05) is 0 Å². The van der Waals surface area contributed by atoms with E-state index in [1.165, 1.54) is 30.7 Å². The second kappa shape index (κ2) is 3.94. The van der Waals surface area contributed by atoms with Gasteiger partial charge >= 0.3 is 0 Å². The van der Waals surface area contributed by atoms with Crippen molar-refractivity contribution >= 4 is 0 Å². The van der Waals surface area contributed by atoms with E-state index in [1.54, 1.807) is 0 Å². The monoisotopic (exact) mass is 143 g/mol. The van der Waals surface area contributed by atoms with Crippen molar-refractivity contribution in [1.29, 1.82) is 0 Å². The van der Waals surface area contributed by atoms with Gasteiger partial charge in [-0.1, -0.05) is 19.8 Å². The van der Waals surface area contributed by atoms with Gasteiger partial charge in [0.25, 0.3) is 0 Å². The predicted molar refractivity (Wildman–Crippen MR) is 41.0 cm³/mol. The molecule has 0 aromatic heterocycles. The van der Waals surface area contributed by atoms with Crippen LogP contribution in [0.2, 0.25) is 0 Å². The van der Waals surface area contributed by atoms with Crippen LogP contribution in [0.1, 0.15) is 32.6 Å². The fourth-order valence-electron chi connectivity index (χ4n) is 1.62. The lowest BCUT2D eigenvalue weighted by molar-refractivity contribution is -0.112. The maximum absolute atomic E-state index is 9.03. The predicted octanol–water partition coefficient (Wildman–Crippen LogP) is 1.89. The molecule has 0 bridgehead atoms. The Kier molecular flexibility index (Phi) is 3.16. The first-order valence-electron chi connectivity index (χ1n) is 4.26. The van der Waals surface area contributed by atoms with Gasteiger partial charge in [0.05, 0.1) is 0 Å². The van der Waals surface area contributed by atoms with E-state index in [-0.39, 0.29) is 0 Å². The highest BCUT2D eigenvalue weighted by Crippen LogP contribution is 2.20. The molecule has 0 aromatic rings. The van der Waals surface area contributed by atoms with E-state index in [2.05, 4.69) is 6.92 Å². The summed E-state index contributed by atoms with van der Waals surface area (Å²) in [5.41, 5.74) is 0. The maximum Gasteiger partial charge on any atom is 0.0240 e. The standard InChI is InChI=1S/C8H17NO/c1-2-3-8-4-6-9(10)7-5-8/h8,10H,2-7H2,1H3. The van der Waals surface area contributed by atoms with Crippen molar-refractivity contribution in [3.63, 3.8) is 0 Å². The van der Waals surface area contributed by atoms with Gasteiger partial charge in [0.15, 0.2) is 0 Å². The minimum Gasteiger partial charge on any atom is -0.314 e. The molecule has 0 radical (unpaired) electrons. The van der Waals surface area contributed by atoms with Crippen LogP contribution in [0.5, 0.6) is 0 Å². The first-order valence-corrected chi connectivity index (χ1v) is 4.26. The maximum atomic E-state index is 9.03. The van der Waals surface area contributed by atoms with Crippen LogP contribution in [-0.2, 0) is 0 Å². The summed E-state index contributed by atoms with van der Waals surface area (Å²) >= 11 is 0. The Morgan fingerprint density at radius 1 is 1.40 bits per heavy atom. The minimum absolute atomic E-state index is 0.880. The zero-order valence-electron chi connectivity index (χ0n) is 6.71. The number of hydrogen-bond acceptors (Lipinski definition) is 2. The number of nitrogens with zero attached hydrogens (tertiary/aromatic N) is 1. The molecule has 0 unspecified atom stereocenters. The van der Waals surface area contributed by atoms with Crippen LogP contribution < -0.4 is 0 Å². The van der Waals surface area contributed by atoms with Gasteiger partial charge in [-0.25, -0.2) is 0 Å². The Hall–Kier alpha value is -0.0800. The molecule has 2 heteroatoms. The van der Waals surface area contributed by atoms with Gasteiger partial charge in [-0.2, -0.15) is 5.06 Å². The topological polar surface area (TPSA) is 23.5 Å². The highest BCUT2D eigenvalue weighted by Gasteiger charge is 2.16. The van der Waals surface area contributed by atoms with Crippen LogP contribution in [-0.4, -0.2) is 23.4 Å². The highest BCUT2D eigenvalue weighted by atomic mass is 16.5. The summed E-state index contributed by atoms with van der Waals surface area (Å²) in [6.45, 7) is 3.99. The van der Waals surface area contributed by atoms with Gasteiger partial charge in [-0.3, -0.25) is 0 Å². The Morgan fingerprint density at radius 2 is 2.00 bits per heavy atom. The molecule has 2 nitrogen and oxygen atoms in total. The molecule has 1 N–H and O–H groups in total. The normalized spacial score (nSPS) is 23.4. The number of hydrogen-bond donors (Lipinski definition) is 1. The molecule has 1 heterocycles. The summed E-state index contributed by atoms with van der Waals surface area (Å²) in [5, 5.41) is 10.5. The molecule has 1 aliphatic heterocycles. The molecule has 1 rings (SSSR count). The van der Waals surface area contributed by atoms with Gasteiger partial charge in [0, 0.05) is 13.1 Å². The molecule has 1 fully saturated rings. The van der Waals surface area contributed by atoms with Gasteiger partial charge in [-0.05, 0) is 18.8 Å². The lowest BCUT2D eigenvalue weighted by Crippen LogP contribution is -2.30. The second-order valence-corrected chi connectivity index (χ2v) is 3.19. The van der Waals surface area contributed by atoms with Crippen molar-refractivity contribution in [2.24, 2.45) is 5.92 Å². The van der Waals surface area contributed by atoms with Crippen LogP contribution >= 0.6 is 0 Å². The molecule has 0 saturated carbocycles. The van der Waals surface area contributed by atoms with E-state index in [9.17, 15) is 0 Å². The lowest BCUT2D eigenvalue weighted by Gasteiger charge is -2.26. The summed E-state index contributed by atoms with van der Waals surface area (Å²) in [5.74, 6) is 0.883. The fourth-order valence-corrected chi connectivity index (χ4v) is 1.62. The average molecular weight is 143 g/mol. The summed E-state index contributed by atoms with van der Waals surface area (Å²) in [6, 6.07) is 0. The Labute approximate surface area is 62.8 Å². The number of rotatable bonds is 2. The Morgan fingerprint density at radius 3 is 2.50 bits per heavy atom. The molecule has 0 amide bonds. The number of hydroxylamine groups is 2. The van der Waals surface area contributed by atoms with Crippen LogP contribution in [0.3, 0.4) is 0 Å². The Bertz CT molecular complexity index is 87.3. The second-order valence-electron chi connectivity index (χ2n) is 3.19. The summed E-state index contributed by atoms with van der Waals surface area (Å²) < 4.78 is 0.